The van der Waals surface area contributed by atoms with E-state index in [4.69, 9.17) is 12.2 Å². The molecule has 2 amide bonds. The van der Waals surface area contributed by atoms with Gasteiger partial charge >= 0.3 is 0 Å². The van der Waals surface area contributed by atoms with E-state index < -0.39 is 0 Å². The summed E-state index contributed by atoms with van der Waals surface area (Å²) < 4.78 is 0. The van der Waals surface area contributed by atoms with Gasteiger partial charge in [-0.1, -0.05) is 60.7 Å². The fourth-order valence-corrected chi connectivity index (χ4v) is 3.16. The minimum Gasteiger partial charge on any atom is -0.346 e. The molecule has 0 bridgehead atoms. The average Bonchev–Trinajstić information content (AvgIpc) is 2.75. The maximum Gasteiger partial charge on any atom is 0.251 e. The van der Waals surface area contributed by atoms with E-state index in [1.54, 1.807) is 24.3 Å². The SMILES string of the molecule is CC(NC(=O)c1ccc(NC(=S)NC(=O)Cc2ccccc2)cc1)c1ccccc1. The van der Waals surface area contributed by atoms with Gasteiger partial charge in [0.25, 0.3) is 5.91 Å². The number of hydrogen-bond acceptors (Lipinski definition) is 3. The van der Waals surface area contributed by atoms with Gasteiger partial charge in [0.1, 0.15) is 0 Å². The van der Waals surface area contributed by atoms with Crippen molar-refractivity contribution in [3.63, 3.8) is 0 Å². The molecule has 0 saturated carbocycles. The third-order valence-corrected chi connectivity index (χ3v) is 4.72. The fourth-order valence-electron chi connectivity index (χ4n) is 2.92. The van der Waals surface area contributed by atoms with Gasteiger partial charge in [-0.25, -0.2) is 0 Å². The molecule has 0 fully saturated rings. The maximum atomic E-state index is 12.5. The molecule has 0 radical (unpaired) electrons. The van der Waals surface area contributed by atoms with Gasteiger partial charge in [-0.3, -0.25) is 9.59 Å². The van der Waals surface area contributed by atoms with E-state index in [9.17, 15) is 9.59 Å². The predicted molar refractivity (Wildman–Crippen MR) is 123 cm³/mol. The molecule has 30 heavy (non-hydrogen) atoms. The third kappa shape index (κ3) is 6.25. The van der Waals surface area contributed by atoms with Crippen molar-refractivity contribution in [2.24, 2.45) is 0 Å². The first kappa shape index (κ1) is 21.2. The van der Waals surface area contributed by atoms with Crippen LogP contribution >= 0.6 is 12.2 Å². The highest BCUT2D eigenvalue weighted by Crippen LogP contribution is 2.14. The number of anilines is 1. The molecule has 6 heteroatoms. The van der Waals surface area contributed by atoms with Crippen molar-refractivity contribution in [1.82, 2.24) is 10.6 Å². The number of rotatable bonds is 6. The van der Waals surface area contributed by atoms with Gasteiger partial charge in [0.05, 0.1) is 12.5 Å². The summed E-state index contributed by atoms with van der Waals surface area (Å²) in [5.74, 6) is -0.346. The van der Waals surface area contributed by atoms with Crippen LogP contribution in [-0.2, 0) is 11.2 Å². The molecule has 0 heterocycles. The minimum absolute atomic E-state index is 0.0936. The van der Waals surface area contributed by atoms with Crippen molar-refractivity contribution in [3.05, 3.63) is 102 Å². The van der Waals surface area contributed by atoms with E-state index in [1.165, 1.54) is 0 Å². The second-order valence-corrected chi connectivity index (χ2v) is 7.26. The predicted octanol–water partition coefficient (Wildman–Crippen LogP) is 4.23. The first-order chi connectivity index (χ1) is 14.5. The lowest BCUT2D eigenvalue weighted by molar-refractivity contribution is -0.119. The fraction of sp³-hybridized carbons (Fsp3) is 0.125. The largest absolute Gasteiger partial charge is 0.346 e. The molecule has 0 spiro atoms. The Morgan fingerprint density at radius 3 is 2.10 bits per heavy atom. The highest BCUT2D eigenvalue weighted by molar-refractivity contribution is 7.80. The van der Waals surface area contributed by atoms with Gasteiger partial charge in [-0.15, -0.1) is 0 Å². The summed E-state index contributed by atoms with van der Waals surface area (Å²) in [5, 5.41) is 8.81. The number of amides is 2. The van der Waals surface area contributed by atoms with Gasteiger partial charge in [0.15, 0.2) is 5.11 Å². The molecule has 1 atom stereocenters. The standard InChI is InChI=1S/C24H23N3O2S/c1-17(19-10-6-3-7-11-19)25-23(29)20-12-14-21(15-13-20)26-24(30)27-22(28)16-18-8-4-2-5-9-18/h2-15,17H,16H2,1H3,(H,25,29)(H2,26,27,28,30). The highest BCUT2D eigenvalue weighted by Gasteiger charge is 2.11. The number of carbonyl (C=O) groups is 2. The molecule has 0 aliphatic rings. The van der Waals surface area contributed by atoms with Crippen molar-refractivity contribution < 1.29 is 9.59 Å². The Morgan fingerprint density at radius 1 is 0.867 bits per heavy atom. The average molecular weight is 418 g/mol. The van der Waals surface area contributed by atoms with E-state index >= 15 is 0 Å². The van der Waals surface area contributed by atoms with Crippen LogP contribution in [0.1, 0.15) is 34.5 Å². The molecule has 1 unspecified atom stereocenters. The molecule has 0 aliphatic carbocycles. The zero-order valence-corrected chi connectivity index (χ0v) is 17.4. The lowest BCUT2D eigenvalue weighted by Gasteiger charge is -2.15. The molecule has 3 rings (SSSR count). The zero-order chi connectivity index (χ0) is 21.3. The third-order valence-electron chi connectivity index (χ3n) is 4.51. The van der Waals surface area contributed by atoms with E-state index in [1.807, 2.05) is 67.6 Å². The summed E-state index contributed by atoms with van der Waals surface area (Å²) in [6.07, 6.45) is 0.251. The second-order valence-electron chi connectivity index (χ2n) is 6.85. The quantitative estimate of drug-likeness (QED) is 0.525. The number of thiocarbonyl (C=S) groups is 1. The van der Waals surface area contributed by atoms with Crippen LogP contribution in [0.3, 0.4) is 0 Å². The smallest absolute Gasteiger partial charge is 0.251 e. The molecule has 0 aromatic heterocycles. The van der Waals surface area contributed by atoms with E-state index in [2.05, 4.69) is 16.0 Å². The van der Waals surface area contributed by atoms with Crippen LogP contribution in [-0.4, -0.2) is 16.9 Å². The summed E-state index contributed by atoms with van der Waals surface area (Å²) in [6, 6.07) is 26.1. The van der Waals surface area contributed by atoms with Gasteiger partial charge in [0, 0.05) is 11.3 Å². The Kier molecular flexibility index (Phi) is 7.29. The number of carbonyl (C=O) groups excluding carboxylic acids is 2. The highest BCUT2D eigenvalue weighted by atomic mass is 32.1. The number of benzene rings is 3. The van der Waals surface area contributed by atoms with E-state index in [-0.39, 0.29) is 29.4 Å². The molecular weight excluding hydrogens is 394 g/mol. The first-order valence-corrected chi connectivity index (χ1v) is 10.0. The summed E-state index contributed by atoms with van der Waals surface area (Å²) in [5.41, 5.74) is 3.19. The van der Waals surface area contributed by atoms with Crippen molar-refractivity contribution in [2.75, 3.05) is 5.32 Å². The molecule has 5 nitrogen and oxygen atoms in total. The van der Waals surface area contributed by atoms with Gasteiger partial charge in [-0.2, -0.15) is 0 Å². The molecule has 152 valence electrons. The number of nitrogens with one attached hydrogen (secondary N) is 3. The Hall–Kier alpha value is -3.51. The molecule has 0 saturated heterocycles. The van der Waals surface area contributed by atoms with Crippen molar-refractivity contribution in [3.8, 4) is 0 Å². The van der Waals surface area contributed by atoms with Crippen LogP contribution in [0.25, 0.3) is 0 Å². The molecule has 3 aromatic rings. The van der Waals surface area contributed by atoms with E-state index in [0.717, 1.165) is 11.1 Å². The summed E-state index contributed by atoms with van der Waals surface area (Å²) in [4.78, 5) is 24.6. The molecule has 0 aliphatic heterocycles. The van der Waals surface area contributed by atoms with Gasteiger partial charge < -0.3 is 16.0 Å². The van der Waals surface area contributed by atoms with Crippen molar-refractivity contribution in [1.29, 1.82) is 0 Å². The zero-order valence-electron chi connectivity index (χ0n) is 16.6. The van der Waals surface area contributed by atoms with Crippen LogP contribution < -0.4 is 16.0 Å². The van der Waals surface area contributed by atoms with Crippen LogP contribution in [0.15, 0.2) is 84.9 Å². The Bertz CT molecular complexity index is 1010. The first-order valence-electron chi connectivity index (χ1n) is 9.62. The summed E-state index contributed by atoms with van der Waals surface area (Å²) in [6.45, 7) is 1.94. The van der Waals surface area contributed by atoms with Gasteiger partial charge in [0.2, 0.25) is 5.91 Å². The van der Waals surface area contributed by atoms with Crippen LogP contribution in [0.2, 0.25) is 0 Å². The Labute approximate surface area is 181 Å². The Morgan fingerprint density at radius 2 is 1.47 bits per heavy atom. The van der Waals surface area contributed by atoms with E-state index in [0.29, 0.717) is 11.3 Å². The lowest BCUT2D eigenvalue weighted by atomic mass is 10.1. The summed E-state index contributed by atoms with van der Waals surface area (Å²) >= 11 is 5.20. The molecule has 3 N–H and O–H groups in total. The normalized spacial score (nSPS) is 11.2. The minimum atomic E-state index is -0.190. The number of hydrogen-bond donors (Lipinski definition) is 3. The van der Waals surface area contributed by atoms with Crippen LogP contribution in [0.5, 0.6) is 0 Å². The maximum absolute atomic E-state index is 12.5. The summed E-state index contributed by atoms with van der Waals surface area (Å²) in [7, 11) is 0. The van der Waals surface area contributed by atoms with Gasteiger partial charge in [-0.05, 0) is 54.5 Å². The van der Waals surface area contributed by atoms with Crippen LogP contribution in [0, 0.1) is 0 Å². The van der Waals surface area contributed by atoms with Crippen LogP contribution in [0.4, 0.5) is 5.69 Å². The molecular formula is C24H23N3O2S. The van der Waals surface area contributed by atoms with Crippen molar-refractivity contribution in [2.45, 2.75) is 19.4 Å². The topological polar surface area (TPSA) is 70.2 Å². The lowest BCUT2D eigenvalue weighted by Crippen LogP contribution is -2.35. The monoisotopic (exact) mass is 417 g/mol. The van der Waals surface area contributed by atoms with Crippen molar-refractivity contribution >= 4 is 34.8 Å². The second kappa shape index (κ2) is 10.3. The Balaban J connectivity index is 1.50. The molecule has 3 aromatic carbocycles.